The van der Waals surface area contributed by atoms with Crippen molar-refractivity contribution in [3.63, 3.8) is 0 Å². The van der Waals surface area contributed by atoms with Gasteiger partial charge in [-0.15, -0.1) is 0 Å². The maximum absolute atomic E-state index is 3.82. The van der Waals surface area contributed by atoms with Gasteiger partial charge in [0.1, 0.15) is 0 Å². The molecule has 3 heteroatoms. The normalized spacial score (nSPS) is 12.0. The van der Waals surface area contributed by atoms with Crippen molar-refractivity contribution in [2.24, 2.45) is 0 Å². The van der Waals surface area contributed by atoms with Crippen LogP contribution in [-0.2, 0) is 0 Å². The third-order valence-corrected chi connectivity index (χ3v) is 9.47. The van der Waals surface area contributed by atoms with E-state index in [1.54, 1.807) is 0 Å². The third-order valence-electron chi connectivity index (χ3n) is 9.47. The number of benzene rings is 7. The molecule has 0 aliphatic heterocycles. The van der Waals surface area contributed by atoms with E-state index in [0.717, 1.165) is 16.7 Å². The number of hydrogen-bond donors (Lipinski definition) is 1. The highest BCUT2D eigenvalue weighted by molar-refractivity contribution is 6.15. The summed E-state index contributed by atoms with van der Waals surface area (Å²) in [6.45, 7) is 0. The molecule has 0 amide bonds. The summed E-state index contributed by atoms with van der Waals surface area (Å²) in [4.78, 5) is 3.82. The van der Waals surface area contributed by atoms with Crippen molar-refractivity contribution in [1.82, 2.24) is 14.1 Å². The average molecular weight is 574 g/mol. The molecule has 10 rings (SSSR count). The summed E-state index contributed by atoms with van der Waals surface area (Å²) >= 11 is 0. The van der Waals surface area contributed by atoms with Crippen LogP contribution < -0.4 is 0 Å². The number of aromatic amines is 1. The first-order valence-electron chi connectivity index (χ1n) is 15.5. The number of aromatic nitrogens is 3. The molecule has 7 aromatic carbocycles. The van der Waals surface area contributed by atoms with Gasteiger partial charge in [-0.25, -0.2) is 0 Å². The molecule has 0 bridgehead atoms. The highest BCUT2D eigenvalue weighted by atomic mass is 15.0. The lowest BCUT2D eigenvalue weighted by atomic mass is 10.00. The second-order valence-corrected chi connectivity index (χ2v) is 11.8. The van der Waals surface area contributed by atoms with Gasteiger partial charge < -0.3 is 14.1 Å². The van der Waals surface area contributed by atoms with Gasteiger partial charge in [-0.2, -0.15) is 0 Å². The van der Waals surface area contributed by atoms with E-state index < -0.39 is 0 Å². The molecule has 0 aliphatic carbocycles. The smallest absolute Gasteiger partial charge is 0.0545 e. The summed E-state index contributed by atoms with van der Waals surface area (Å²) in [6.07, 6.45) is 0. The van der Waals surface area contributed by atoms with Gasteiger partial charge in [-0.05, 0) is 48.5 Å². The minimum absolute atomic E-state index is 1.14. The van der Waals surface area contributed by atoms with Gasteiger partial charge in [-0.1, -0.05) is 109 Å². The summed E-state index contributed by atoms with van der Waals surface area (Å²) in [5.41, 5.74) is 11.9. The van der Waals surface area contributed by atoms with E-state index in [9.17, 15) is 0 Å². The highest BCUT2D eigenvalue weighted by Crippen LogP contribution is 2.40. The zero-order valence-corrected chi connectivity index (χ0v) is 24.4. The Balaban J connectivity index is 1.22. The first-order chi connectivity index (χ1) is 22.3. The van der Waals surface area contributed by atoms with Crippen molar-refractivity contribution in [3.05, 3.63) is 158 Å². The Bertz CT molecular complexity index is 2660. The fraction of sp³-hybridized carbons (Fsp3) is 0. The quantitative estimate of drug-likeness (QED) is 0.218. The molecule has 3 heterocycles. The lowest BCUT2D eigenvalue weighted by Gasteiger charge is -2.14. The summed E-state index contributed by atoms with van der Waals surface area (Å²) < 4.78 is 4.81. The minimum atomic E-state index is 1.14. The third kappa shape index (κ3) is 3.41. The van der Waals surface area contributed by atoms with Crippen molar-refractivity contribution in [1.29, 1.82) is 0 Å². The zero-order chi connectivity index (χ0) is 29.5. The molecule has 0 radical (unpaired) electrons. The van der Waals surface area contributed by atoms with Gasteiger partial charge >= 0.3 is 0 Å². The molecule has 0 unspecified atom stereocenters. The molecule has 0 aliphatic rings. The molecule has 3 nitrogen and oxygen atoms in total. The van der Waals surface area contributed by atoms with Gasteiger partial charge in [0.2, 0.25) is 0 Å². The van der Waals surface area contributed by atoms with E-state index in [0.29, 0.717) is 0 Å². The summed E-state index contributed by atoms with van der Waals surface area (Å²) in [5.74, 6) is 0. The number of nitrogens with zero attached hydrogens (tertiary/aromatic N) is 2. The Labute approximate surface area is 259 Å². The van der Waals surface area contributed by atoms with Gasteiger partial charge in [0.05, 0.1) is 33.3 Å². The van der Waals surface area contributed by atoms with Crippen LogP contribution in [0.2, 0.25) is 0 Å². The molecule has 45 heavy (non-hydrogen) atoms. The highest BCUT2D eigenvalue weighted by Gasteiger charge is 2.18. The van der Waals surface area contributed by atoms with E-state index >= 15 is 0 Å². The second kappa shape index (κ2) is 9.22. The molecule has 1 N–H and O–H groups in total. The maximum Gasteiger partial charge on any atom is 0.0545 e. The van der Waals surface area contributed by atoms with E-state index in [2.05, 4.69) is 172 Å². The predicted octanol–water partition coefficient (Wildman–Crippen LogP) is 11.2. The van der Waals surface area contributed by atoms with Crippen molar-refractivity contribution in [2.75, 3.05) is 0 Å². The number of H-pyrrole nitrogens is 1. The minimum Gasteiger partial charge on any atom is -0.354 e. The molecule has 0 spiro atoms. The van der Waals surface area contributed by atoms with Crippen LogP contribution in [0.3, 0.4) is 0 Å². The van der Waals surface area contributed by atoms with Crippen molar-refractivity contribution < 1.29 is 0 Å². The Hall–Kier alpha value is -6.06. The molecule has 0 saturated carbocycles. The standard InChI is InChI=1S/C42H27N3/c1-6-19-37-28(12-1)29-13-2-7-20-38(29)44(37)27-24-25-36-35(26-27)34-18-11-17-33(42(34)43-36)32-16-5-10-23-41(32)45-39-21-8-3-14-30(39)31-15-4-9-22-40(31)45/h1-26,43H. The largest absolute Gasteiger partial charge is 0.354 e. The lowest BCUT2D eigenvalue weighted by molar-refractivity contribution is 1.18. The Morgan fingerprint density at radius 2 is 0.844 bits per heavy atom. The second-order valence-electron chi connectivity index (χ2n) is 11.8. The van der Waals surface area contributed by atoms with Crippen LogP contribution >= 0.6 is 0 Å². The van der Waals surface area contributed by atoms with Crippen LogP contribution in [0.25, 0.3) is 87.9 Å². The van der Waals surface area contributed by atoms with Crippen LogP contribution in [0, 0.1) is 0 Å². The van der Waals surface area contributed by atoms with Gasteiger partial charge in [0.15, 0.2) is 0 Å². The van der Waals surface area contributed by atoms with E-state index in [1.807, 2.05) is 0 Å². The first kappa shape index (κ1) is 24.4. The van der Waals surface area contributed by atoms with Crippen LogP contribution in [0.4, 0.5) is 0 Å². The first-order valence-corrected chi connectivity index (χ1v) is 15.5. The molecule has 0 saturated heterocycles. The van der Waals surface area contributed by atoms with Crippen LogP contribution in [0.5, 0.6) is 0 Å². The molecule has 3 aromatic heterocycles. The number of hydrogen-bond acceptors (Lipinski definition) is 0. The number of fused-ring (bicyclic) bond motifs is 9. The topological polar surface area (TPSA) is 25.6 Å². The van der Waals surface area contributed by atoms with Crippen LogP contribution in [0.15, 0.2) is 158 Å². The van der Waals surface area contributed by atoms with Crippen LogP contribution in [-0.4, -0.2) is 14.1 Å². The lowest BCUT2D eigenvalue weighted by Crippen LogP contribution is -1.97. The Morgan fingerprint density at radius 1 is 0.356 bits per heavy atom. The fourth-order valence-corrected chi connectivity index (χ4v) is 7.55. The van der Waals surface area contributed by atoms with Crippen molar-refractivity contribution >= 4 is 65.4 Å². The van der Waals surface area contributed by atoms with Crippen molar-refractivity contribution in [2.45, 2.75) is 0 Å². The Kier molecular flexibility index (Phi) is 5.00. The maximum atomic E-state index is 3.82. The van der Waals surface area contributed by atoms with Gasteiger partial charge in [0, 0.05) is 54.6 Å². The number of rotatable bonds is 3. The summed E-state index contributed by atoms with van der Waals surface area (Å²) in [7, 11) is 0. The number of para-hydroxylation sites is 6. The molecular formula is C42H27N3. The molecule has 210 valence electrons. The van der Waals surface area contributed by atoms with E-state index in [4.69, 9.17) is 0 Å². The van der Waals surface area contributed by atoms with Crippen molar-refractivity contribution in [3.8, 4) is 22.5 Å². The SMILES string of the molecule is c1ccc(-n2c3ccccc3c3ccccc32)c(-c2cccc3c2[nH]c2ccc(-n4c5ccccc5c5ccccc54)cc23)c1. The summed E-state index contributed by atoms with van der Waals surface area (Å²) in [6, 6.07) is 57.1. The Morgan fingerprint density at radius 3 is 1.47 bits per heavy atom. The summed E-state index contributed by atoms with van der Waals surface area (Å²) in [5, 5.41) is 7.53. The van der Waals surface area contributed by atoms with Gasteiger partial charge in [-0.3, -0.25) is 0 Å². The monoisotopic (exact) mass is 573 g/mol. The number of nitrogens with one attached hydrogen (secondary N) is 1. The molecule has 10 aromatic rings. The predicted molar refractivity (Wildman–Crippen MR) is 190 cm³/mol. The molecule has 0 fully saturated rings. The fourth-order valence-electron chi connectivity index (χ4n) is 7.55. The van der Waals surface area contributed by atoms with Gasteiger partial charge in [0.25, 0.3) is 0 Å². The molecular weight excluding hydrogens is 546 g/mol. The van der Waals surface area contributed by atoms with E-state index in [1.165, 1.54) is 71.2 Å². The molecule has 0 atom stereocenters. The average Bonchev–Trinajstić information content (AvgIpc) is 3.76. The van der Waals surface area contributed by atoms with E-state index in [-0.39, 0.29) is 0 Å². The van der Waals surface area contributed by atoms with Crippen LogP contribution in [0.1, 0.15) is 0 Å². The zero-order valence-electron chi connectivity index (χ0n) is 24.4.